The van der Waals surface area contributed by atoms with Crippen LogP contribution < -0.4 is 5.32 Å². The highest BCUT2D eigenvalue weighted by Gasteiger charge is 2.43. The van der Waals surface area contributed by atoms with Gasteiger partial charge in [0.25, 0.3) is 12.3 Å². The zero-order chi connectivity index (χ0) is 25.0. The maximum absolute atomic E-state index is 14.7. The summed E-state index contributed by atoms with van der Waals surface area (Å²) < 4.78 is 70.4. The Balaban J connectivity index is 0.000000481. The van der Waals surface area contributed by atoms with E-state index in [4.69, 9.17) is 0 Å². The first-order chi connectivity index (χ1) is 16.0. The van der Waals surface area contributed by atoms with Gasteiger partial charge in [0.2, 0.25) is 0 Å². The standard InChI is InChI=1S/C17H17BrF3N5O2.C3H6F2O/c18-15-13(19)12(2-5-22-15)23-16(28)25-6-3-11-10(8-25)14-17(20,21)4-1-9(27)7-26(14)24-11;1-6-2-3(4)5/h2,5,9,27H,1,3-4,6-8H2,(H,22,23,28);3H,2H2,1H3. The van der Waals surface area contributed by atoms with Gasteiger partial charge < -0.3 is 20.1 Å². The van der Waals surface area contributed by atoms with Crippen molar-refractivity contribution in [3.05, 3.63) is 39.6 Å². The van der Waals surface area contributed by atoms with E-state index in [1.54, 1.807) is 0 Å². The van der Waals surface area contributed by atoms with E-state index in [0.717, 1.165) is 0 Å². The van der Waals surface area contributed by atoms with Crippen molar-refractivity contribution in [2.75, 3.05) is 25.6 Å². The number of halogens is 6. The molecule has 1 atom stereocenters. The molecule has 14 heteroatoms. The van der Waals surface area contributed by atoms with Gasteiger partial charge in [0, 0.05) is 38.3 Å². The molecular weight excluding hydrogens is 533 g/mol. The molecule has 0 aliphatic carbocycles. The lowest BCUT2D eigenvalue weighted by molar-refractivity contribution is -0.0248. The number of aromatic nitrogens is 3. The molecule has 8 nitrogen and oxygen atoms in total. The van der Waals surface area contributed by atoms with Crippen LogP contribution in [-0.2, 0) is 30.2 Å². The van der Waals surface area contributed by atoms with Gasteiger partial charge in [-0.2, -0.15) is 13.9 Å². The van der Waals surface area contributed by atoms with Gasteiger partial charge in [-0.15, -0.1) is 0 Å². The number of hydrogen-bond acceptors (Lipinski definition) is 5. The summed E-state index contributed by atoms with van der Waals surface area (Å²) >= 11 is 2.95. The molecule has 34 heavy (non-hydrogen) atoms. The Hall–Kier alpha value is -2.32. The SMILES string of the molecule is COCC(F)F.O=C(Nc1ccnc(Br)c1F)N1CCc2nn3c(c2C1)C(F)(F)CCC(O)C3. The number of aliphatic hydroxyl groups is 1. The average Bonchev–Trinajstić information content (AvgIpc) is 3.08. The van der Waals surface area contributed by atoms with Crippen molar-refractivity contribution >= 4 is 27.6 Å². The minimum atomic E-state index is -3.14. The van der Waals surface area contributed by atoms with E-state index in [0.29, 0.717) is 17.7 Å². The summed E-state index contributed by atoms with van der Waals surface area (Å²) in [5.41, 5.74) is 0.511. The van der Waals surface area contributed by atoms with Crippen LogP contribution in [0.2, 0.25) is 0 Å². The summed E-state index contributed by atoms with van der Waals surface area (Å²) in [6.07, 6.45) is -2.07. The molecule has 4 rings (SSSR count). The molecule has 0 saturated carbocycles. The summed E-state index contributed by atoms with van der Waals surface area (Å²) in [4.78, 5) is 17.6. The van der Waals surface area contributed by atoms with Crippen LogP contribution in [0.15, 0.2) is 16.9 Å². The number of nitrogens with one attached hydrogen (secondary N) is 1. The van der Waals surface area contributed by atoms with Gasteiger partial charge in [0.05, 0.1) is 30.6 Å². The molecule has 1 unspecified atom stereocenters. The summed E-state index contributed by atoms with van der Waals surface area (Å²) in [6.45, 7) is -0.256. The van der Waals surface area contributed by atoms with E-state index in [9.17, 15) is 31.9 Å². The fourth-order valence-corrected chi connectivity index (χ4v) is 4.07. The van der Waals surface area contributed by atoms with Gasteiger partial charge in [-0.25, -0.2) is 22.9 Å². The Morgan fingerprint density at radius 1 is 1.44 bits per heavy atom. The van der Waals surface area contributed by atoms with Crippen molar-refractivity contribution < 1.29 is 36.6 Å². The highest BCUT2D eigenvalue weighted by Crippen LogP contribution is 2.40. The van der Waals surface area contributed by atoms with Crippen molar-refractivity contribution in [2.45, 2.75) is 50.8 Å². The monoisotopic (exact) mass is 555 g/mol. The zero-order valence-electron chi connectivity index (χ0n) is 18.1. The predicted octanol–water partition coefficient (Wildman–Crippen LogP) is 3.91. The van der Waals surface area contributed by atoms with Crippen LogP contribution in [0.4, 0.5) is 32.4 Å². The lowest BCUT2D eigenvalue weighted by Crippen LogP contribution is -2.39. The predicted molar refractivity (Wildman–Crippen MR) is 114 cm³/mol. The maximum atomic E-state index is 14.7. The largest absolute Gasteiger partial charge is 0.391 e. The summed E-state index contributed by atoms with van der Waals surface area (Å²) in [6, 6.07) is 0.717. The van der Waals surface area contributed by atoms with Gasteiger partial charge in [-0.05, 0) is 28.4 Å². The number of ether oxygens (including phenoxy) is 1. The van der Waals surface area contributed by atoms with Gasteiger partial charge >= 0.3 is 6.03 Å². The normalized spacial score (nSPS) is 19.0. The molecule has 2 N–H and O–H groups in total. The highest BCUT2D eigenvalue weighted by atomic mass is 79.9. The maximum Gasteiger partial charge on any atom is 0.322 e. The van der Waals surface area contributed by atoms with E-state index in [2.05, 4.69) is 36.1 Å². The number of amides is 2. The van der Waals surface area contributed by atoms with Gasteiger partial charge in [0.1, 0.15) is 16.9 Å². The molecular formula is C20H23BrF5N5O3. The third kappa shape index (κ3) is 6.02. The molecule has 0 bridgehead atoms. The number of urea groups is 1. The number of fused-ring (bicyclic) bond motifs is 3. The number of pyridine rings is 1. The smallest absolute Gasteiger partial charge is 0.322 e. The Morgan fingerprint density at radius 2 is 2.18 bits per heavy atom. The van der Waals surface area contributed by atoms with Crippen molar-refractivity contribution in [3.63, 3.8) is 0 Å². The molecule has 2 aromatic rings. The molecule has 0 spiro atoms. The Bertz CT molecular complexity index is 1020. The molecule has 2 aliphatic heterocycles. The third-order valence-corrected chi connectivity index (χ3v) is 5.84. The van der Waals surface area contributed by atoms with Crippen molar-refractivity contribution in [1.29, 1.82) is 0 Å². The second kappa shape index (κ2) is 11.0. The van der Waals surface area contributed by atoms with E-state index >= 15 is 0 Å². The van der Waals surface area contributed by atoms with E-state index < -0.39 is 43.3 Å². The molecule has 2 aliphatic rings. The summed E-state index contributed by atoms with van der Waals surface area (Å²) in [5, 5.41) is 16.6. The lowest BCUT2D eigenvalue weighted by Gasteiger charge is -2.28. The number of aliphatic hydroxyl groups excluding tert-OH is 1. The second-order valence-electron chi connectivity index (χ2n) is 7.76. The number of nitrogens with zero attached hydrogens (tertiary/aromatic N) is 4. The van der Waals surface area contributed by atoms with Crippen molar-refractivity contribution in [1.82, 2.24) is 19.7 Å². The minimum Gasteiger partial charge on any atom is -0.391 e. The van der Waals surface area contributed by atoms with E-state index in [1.165, 1.54) is 29.0 Å². The van der Waals surface area contributed by atoms with Crippen LogP contribution in [0, 0.1) is 5.82 Å². The van der Waals surface area contributed by atoms with Crippen LogP contribution in [0.1, 0.15) is 29.8 Å². The number of methoxy groups -OCH3 is 1. The van der Waals surface area contributed by atoms with E-state index in [-0.39, 0.29) is 42.0 Å². The Labute approximate surface area is 200 Å². The van der Waals surface area contributed by atoms with Crippen molar-refractivity contribution in [2.24, 2.45) is 0 Å². The van der Waals surface area contributed by atoms with Crippen LogP contribution >= 0.6 is 15.9 Å². The minimum absolute atomic E-state index is 0.000370. The number of carbonyl (C=O) groups is 1. The topological polar surface area (TPSA) is 92.5 Å². The number of rotatable bonds is 3. The average molecular weight is 556 g/mol. The molecule has 0 fully saturated rings. The molecule has 0 saturated heterocycles. The Morgan fingerprint density at radius 3 is 2.82 bits per heavy atom. The van der Waals surface area contributed by atoms with Crippen LogP contribution in [-0.4, -0.2) is 63.6 Å². The van der Waals surface area contributed by atoms with E-state index in [1.807, 2.05) is 0 Å². The summed E-state index contributed by atoms with van der Waals surface area (Å²) in [7, 11) is 1.24. The Kier molecular flexibility index (Phi) is 8.47. The molecule has 0 aromatic carbocycles. The van der Waals surface area contributed by atoms with Crippen LogP contribution in [0.25, 0.3) is 0 Å². The quantitative estimate of drug-likeness (QED) is 0.442. The highest BCUT2D eigenvalue weighted by molar-refractivity contribution is 9.10. The number of hydrogen-bond donors (Lipinski definition) is 2. The lowest BCUT2D eigenvalue weighted by atomic mass is 10.00. The van der Waals surface area contributed by atoms with Gasteiger partial charge in [-0.1, -0.05) is 0 Å². The zero-order valence-corrected chi connectivity index (χ0v) is 19.7. The molecule has 4 heterocycles. The fourth-order valence-electron chi connectivity index (χ4n) is 3.73. The van der Waals surface area contributed by atoms with Gasteiger partial charge in [0.15, 0.2) is 5.82 Å². The first kappa shape index (κ1) is 26.3. The molecule has 188 valence electrons. The first-order valence-electron chi connectivity index (χ1n) is 10.3. The van der Waals surface area contributed by atoms with Crippen LogP contribution in [0.5, 0.6) is 0 Å². The molecule has 2 aromatic heterocycles. The number of anilines is 1. The second-order valence-corrected chi connectivity index (χ2v) is 8.52. The number of alkyl halides is 4. The third-order valence-electron chi connectivity index (χ3n) is 5.29. The van der Waals surface area contributed by atoms with Crippen molar-refractivity contribution in [3.8, 4) is 0 Å². The number of carbonyl (C=O) groups excluding carboxylic acids is 1. The van der Waals surface area contributed by atoms with Gasteiger partial charge in [-0.3, -0.25) is 4.68 Å². The van der Waals surface area contributed by atoms with Crippen LogP contribution in [0.3, 0.4) is 0 Å². The first-order valence-corrected chi connectivity index (χ1v) is 11.1. The summed E-state index contributed by atoms with van der Waals surface area (Å²) in [5.74, 6) is -3.85. The fraction of sp³-hybridized carbons (Fsp3) is 0.550. The molecule has 0 radical (unpaired) electrons. The molecule has 2 amide bonds.